The number of nitrogens with one attached hydrogen (secondary N) is 1. The number of aromatic nitrogens is 2. The third-order valence-corrected chi connectivity index (χ3v) is 6.32. The van der Waals surface area contributed by atoms with Crippen LogP contribution < -0.4 is 5.32 Å². The van der Waals surface area contributed by atoms with Crippen molar-refractivity contribution in [1.29, 1.82) is 0 Å². The molecule has 2 aromatic rings. The van der Waals surface area contributed by atoms with Gasteiger partial charge in [-0.05, 0) is 45.4 Å². The van der Waals surface area contributed by atoms with Gasteiger partial charge in [0.15, 0.2) is 11.4 Å². The number of hydrogen-bond donors (Lipinski definition) is 2. The molecule has 14 heteroatoms. The lowest BCUT2D eigenvalue weighted by atomic mass is 9.92. The Bertz CT molecular complexity index is 1230. The Morgan fingerprint density at radius 3 is 2.53 bits per heavy atom. The molecule has 2 aliphatic rings. The number of hydrogen-bond acceptors (Lipinski definition) is 6. The molecule has 0 aliphatic carbocycles. The number of carboxylic acids is 1. The van der Waals surface area contributed by atoms with Crippen molar-refractivity contribution < 1.29 is 46.1 Å². The van der Waals surface area contributed by atoms with Gasteiger partial charge in [0.1, 0.15) is 29.2 Å². The van der Waals surface area contributed by atoms with Gasteiger partial charge in [0.25, 0.3) is 0 Å². The molecule has 2 N–H and O–H groups in total. The molecule has 0 saturated carbocycles. The van der Waals surface area contributed by atoms with E-state index in [0.29, 0.717) is 0 Å². The second-order valence-electron chi connectivity index (χ2n) is 10.2. The largest absolute Gasteiger partial charge is 0.477 e. The lowest BCUT2D eigenvalue weighted by molar-refractivity contribution is -0.141. The molecule has 9 nitrogen and oxygen atoms in total. The van der Waals surface area contributed by atoms with Gasteiger partial charge in [0, 0.05) is 24.7 Å². The summed E-state index contributed by atoms with van der Waals surface area (Å²) in [7, 11) is 0. The van der Waals surface area contributed by atoms with E-state index in [2.05, 4.69) is 10.3 Å². The van der Waals surface area contributed by atoms with Crippen molar-refractivity contribution in [3.63, 3.8) is 0 Å². The molecule has 1 saturated heterocycles. The van der Waals surface area contributed by atoms with Crippen molar-refractivity contribution in [2.24, 2.45) is 0 Å². The maximum atomic E-state index is 14.6. The highest BCUT2D eigenvalue weighted by Crippen LogP contribution is 2.36. The number of carbonyl (C=O) groups is 2. The van der Waals surface area contributed by atoms with Crippen LogP contribution in [0.3, 0.4) is 0 Å². The topological polar surface area (TPSA) is 106 Å². The van der Waals surface area contributed by atoms with Crippen molar-refractivity contribution >= 4 is 12.1 Å². The first-order valence-corrected chi connectivity index (χ1v) is 11.8. The van der Waals surface area contributed by atoms with Crippen LogP contribution in [0, 0.1) is 11.6 Å². The van der Waals surface area contributed by atoms with Gasteiger partial charge in [-0.2, -0.15) is 13.2 Å². The molecule has 2 aliphatic heterocycles. The Kier molecular flexibility index (Phi) is 7.40. The quantitative estimate of drug-likeness (QED) is 0.556. The number of nitrogens with zero attached hydrogens (tertiary/aromatic N) is 3. The zero-order valence-corrected chi connectivity index (χ0v) is 20.8. The van der Waals surface area contributed by atoms with Crippen LogP contribution in [0.5, 0.6) is 0 Å². The van der Waals surface area contributed by atoms with E-state index in [1.54, 1.807) is 25.7 Å². The number of ether oxygens (including phenoxy) is 2. The smallest absolute Gasteiger partial charge is 0.435 e. The predicted molar refractivity (Wildman–Crippen MR) is 121 cm³/mol. The summed E-state index contributed by atoms with van der Waals surface area (Å²) in [4.78, 5) is 29.4. The van der Waals surface area contributed by atoms with Crippen LogP contribution in [0.4, 0.5) is 26.7 Å². The van der Waals surface area contributed by atoms with Crippen LogP contribution in [0.1, 0.15) is 60.9 Å². The molecule has 0 unspecified atom stereocenters. The number of alkyl halides is 3. The number of amides is 1. The van der Waals surface area contributed by atoms with Gasteiger partial charge >= 0.3 is 18.2 Å². The second kappa shape index (κ2) is 10.1. The van der Waals surface area contributed by atoms with Crippen molar-refractivity contribution in [3.8, 4) is 0 Å². The molecule has 0 bridgehead atoms. The summed E-state index contributed by atoms with van der Waals surface area (Å²) in [6.07, 6.45) is -6.64. The van der Waals surface area contributed by atoms with Gasteiger partial charge in [-0.3, -0.25) is 4.90 Å². The molecule has 3 heterocycles. The molecule has 1 aromatic carbocycles. The summed E-state index contributed by atoms with van der Waals surface area (Å²) in [5.74, 6) is -3.23. The Hall–Kier alpha value is -3.26. The number of carbonyl (C=O) groups excluding carboxylic acids is 1. The predicted octanol–water partition coefficient (Wildman–Crippen LogP) is 4.12. The highest BCUT2D eigenvalue weighted by Gasteiger charge is 2.44. The lowest BCUT2D eigenvalue weighted by Crippen LogP contribution is -2.54. The van der Waals surface area contributed by atoms with E-state index in [0.717, 1.165) is 22.8 Å². The number of halogens is 5. The highest BCUT2D eigenvalue weighted by molar-refractivity contribution is 5.87. The van der Waals surface area contributed by atoms with Crippen LogP contribution in [-0.2, 0) is 28.7 Å². The standard InChI is InChI=1S/C24H27F5N4O5/c1-23(2,3)38-22(36)30-16-9-13(11-37-19(16)14-8-12(25)4-5-15(14)26)32-6-7-33-17(10-32)31-20(24(27,28)29)18(33)21(34)35/h4-5,8,13,16,19H,6-7,9-11H2,1-3H3,(H,30,36)(H,34,35)/t13-,16+,19-/m1/s1. The molecule has 208 valence electrons. The Balaban J connectivity index is 1.58. The van der Waals surface area contributed by atoms with Gasteiger partial charge in [0.2, 0.25) is 0 Å². The molecule has 0 spiro atoms. The summed E-state index contributed by atoms with van der Waals surface area (Å²) < 4.78 is 81.0. The van der Waals surface area contributed by atoms with E-state index in [4.69, 9.17) is 9.47 Å². The summed E-state index contributed by atoms with van der Waals surface area (Å²) >= 11 is 0. The summed E-state index contributed by atoms with van der Waals surface area (Å²) in [6.45, 7) is 4.97. The van der Waals surface area contributed by atoms with Crippen LogP contribution in [-0.4, -0.2) is 62.5 Å². The van der Waals surface area contributed by atoms with Crippen molar-refractivity contribution in [2.45, 2.75) is 70.2 Å². The molecule has 1 amide bonds. The van der Waals surface area contributed by atoms with Gasteiger partial charge in [-0.1, -0.05) is 0 Å². The number of aromatic carboxylic acids is 1. The van der Waals surface area contributed by atoms with E-state index < -0.39 is 65.0 Å². The number of imidazole rings is 1. The maximum Gasteiger partial charge on any atom is 0.435 e. The number of carboxylic acid groups (broad SMARTS) is 1. The third kappa shape index (κ3) is 5.90. The molecule has 38 heavy (non-hydrogen) atoms. The van der Waals surface area contributed by atoms with Gasteiger partial charge in [-0.25, -0.2) is 23.4 Å². The molecular formula is C24H27F5N4O5. The molecule has 0 radical (unpaired) electrons. The minimum atomic E-state index is -4.94. The van der Waals surface area contributed by atoms with Crippen molar-refractivity contribution in [2.75, 3.05) is 13.2 Å². The van der Waals surface area contributed by atoms with E-state index in [9.17, 15) is 36.6 Å². The zero-order chi connectivity index (χ0) is 28.0. The average molecular weight is 546 g/mol. The normalized spacial score (nSPS) is 22.6. The van der Waals surface area contributed by atoms with Gasteiger partial charge in [0.05, 0.1) is 19.2 Å². The SMILES string of the molecule is CC(C)(C)OC(=O)N[C@H]1C[C@@H](N2CCn3c(nc(C(F)(F)F)c3C(=O)O)C2)CO[C@@H]1c1cc(F)ccc1F. The average Bonchev–Trinajstić information content (AvgIpc) is 3.19. The zero-order valence-electron chi connectivity index (χ0n) is 20.8. The Morgan fingerprint density at radius 1 is 1.18 bits per heavy atom. The third-order valence-electron chi connectivity index (χ3n) is 6.32. The minimum absolute atomic E-state index is 0.00819. The minimum Gasteiger partial charge on any atom is -0.477 e. The maximum absolute atomic E-state index is 14.6. The summed E-state index contributed by atoms with van der Waals surface area (Å²) in [6, 6.07) is 1.55. The summed E-state index contributed by atoms with van der Waals surface area (Å²) in [5.41, 5.74) is -3.31. The van der Waals surface area contributed by atoms with Crippen molar-refractivity contribution in [1.82, 2.24) is 19.8 Å². The fourth-order valence-corrected chi connectivity index (χ4v) is 4.78. The van der Waals surface area contributed by atoms with Crippen molar-refractivity contribution in [3.05, 3.63) is 52.6 Å². The van der Waals surface area contributed by atoms with E-state index in [-0.39, 0.29) is 44.0 Å². The first-order chi connectivity index (χ1) is 17.6. The molecule has 1 fully saturated rings. The molecule has 1 aromatic heterocycles. The van der Waals surface area contributed by atoms with E-state index >= 15 is 0 Å². The van der Waals surface area contributed by atoms with Crippen LogP contribution in [0.15, 0.2) is 18.2 Å². The second-order valence-corrected chi connectivity index (χ2v) is 10.2. The van der Waals surface area contributed by atoms with Gasteiger partial charge < -0.3 is 24.5 Å². The Labute approximate surface area is 214 Å². The lowest BCUT2D eigenvalue weighted by Gasteiger charge is -2.43. The fourth-order valence-electron chi connectivity index (χ4n) is 4.78. The molecular weight excluding hydrogens is 519 g/mol. The van der Waals surface area contributed by atoms with Crippen LogP contribution in [0.2, 0.25) is 0 Å². The number of benzene rings is 1. The highest BCUT2D eigenvalue weighted by atomic mass is 19.4. The van der Waals surface area contributed by atoms with Gasteiger partial charge in [-0.15, -0.1) is 0 Å². The summed E-state index contributed by atoms with van der Waals surface area (Å²) in [5, 5.41) is 12.0. The number of fused-ring (bicyclic) bond motifs is 1. The first kappa shape index (κ1) is 27.8. The van der Waals surface area contributed by atoms with Crippen LogP contribution >= 0.6 is 0 Å². The molecule has 3 atom stereocenters. The molecule has 4 rings (SSSR count). The first-order valence-electron chi connectivity index (χ1n) is 11.8. The van der Waals surface area contributed by atoms with Crippen LogP contribution in [0.25, 0.3) is 0 Å². The Morgan fingerprint density at radius 2 is 1.89 bits per heavy atom. The van der Waals surface area contributed by atoms with E-state index in [1.807, 2.05) is 0 Å². The monoisotopic (exact) mass is 546 g/mol. The van der Waals surface area contributed by atoms with E-state index in [1.165, 1.54) is 0 Å². The number of rotatable bonds is 4. The fraction of sp³-hybridized carbons (Fsp3) is 0.542. The number of alkyl carbamates (subject to hydrolysis) is 1.